The summed E-state index contributed by atoms with van der Waals surface area (Å²) in [7, 11) is 1.64. The van der Waals surface area contributed by atoms with E-state index in [1.807, 2.05) is 34.1 Å². The van der Waals surface area contributed by atoms with Gasteiger partial charge < -0.3 is 19.3 Å². The Kier molecular flexibility index (Phi) is 6.75. The van der Waals surface area contributed by atoms with Crippen LogP contribution in [0.2, 0.25) is 0 Å². The predicted molar refractivity (Wildman–Crippen MR) is 127 cm³/mol. The average Bonchev–Trinajstić information content (AvgIpc) is 2.83. The molecule has 2 heterocycles. The minimum atomic E-state index is -0.598. The van der Waals surface area contributed by atoms with E-state index in [-0.39, 0.29) is 17.9 Å². The molecule has 2 amide bonds. The van der Waals surface area contributed by atoms with Gasteiger partial charge in [-0.1, -0.05) is 47.5 Å². The molecule has 1 atom stereocenters. The topological polar surface area (TPSA) is 59.1 Å². The van der Waals surface area contributed by atoms with Gasteiger partial charge in [0.1, 0.15) is 5.75 Å². The summed E-state index contributed by atoms with van der Waals surface area (Å²) in [6, 6.07) is 14.0. The Morgan fingerprint density at radius 2 is 1.70 bits per heavy atom. The molecule has 2 aromatic carbocycles. The number of methoxy groups -OCH3 is 1. The third kappa shape index (κ3) is 4.49. The number of rotatable bonds is 4. The van der Waals surface area contributed by atoms with E-state index in [1.54, 1.807) is 14.0 Å². The van der Waals surface area contributed by atoms with Crippen LogP contribution in [-0.4, -0.2) is 61.6 Å². The van der Waals surface area contributed by atoms with Gasteiger partial charge in [-0.25, -0.2) is 0 Å². The molecule has 0 saturated carbocycles. The molecule has 2 fully saturated rings. The Morgan fingerprint density at radius 3 is 2.33 bits per heavy atom. The smallest absolute Gasteiger partial charge is 0.233 e. The zero-order valence-corrected chi connectivity index (χ0v) is 20.1. The minimum Gasteiger partial charge on any atom is -0.496 e. The van der Waals surface area contributed by atoms with Crippen LogP contribution in [0, 0.1) is 13.8 Å². The Balaban J connectivity index is 1.71. The molecule has 0 bridgehead atoms. The fourth-order valence-electron chi connectivity index (χ4n) is 5.45. The minimum absolute atomic E-state index is 0.00749. The van der Waals surface area contributed by atoms with Crippen LogP contribution in [0.3, 0.4) is 0 Å². The lowest BCUT2D eigenvalue weighted by Crippen LogP contribution is -2.57. The highest BCUT2D eigenvalue weighted by Crippen LogP contribution is 2.40. The molecule has 6 heteroatoms. The van der Waals surface area contributed by atoms with Gasteiger partial charge in [-0.15, -0.1) is 0 Å². The van der Waals surface area contributed by atoms with Gasteiger partial charge >= 0.3 is 0 Å². The second kappa shape index (κ2) is 9.56. The number of aryl methyl sites for hydroxylation is 2. The van der Waals surface area contributed by atoms with Crippen LogP contribution >= 0.6 is 0 Å². The summed E-state index contributed by atoms with van der Waals surface area (Å²) in [5.41, 5.74) is 3.74. The number of carbonyl (C=O) groups excluding carboxylic acids is 2. The van der Waals surface area contributed by atoms with Crippen molar-refractivity contribution in [3.05, 3.63) is 64.7 Å². The van der Waals surface area contributed by atoms with Crippen LogP contribution in [0.5, 0.6) is 5.75 Å². The maximum Gasteiger partial charge on any atom is 0.233 e. The summed E-state index contributed by atoms with van der Waals surface area (Å²) in [6.07, 6.45) is 1.34. The van der Waals surface area contributed by atoms with Crippen molar-refractivity contribution in [2.24, 2.45) is 0 Å². The second-order valence-corrected chi connectivity index (χ2v) is 9.29. The Bertz CT molecular complexity index is 1010. The van der Waals surface area contributed by atoms with E-state index in [0.29, 0.717) is 45.7 Å². The van der Waals surface area contributed by atoms with Crippen LogP contribution in [-0.2, 0) is 19.7 Å². The fraction of sp³-hybridized carbons (Fsp3) is 0.481. The van der Waals surface area contributed by atoms with Gasteiger partial charge in [0.05, 0.1) is 18.6 Å². The zero-order valence-electron chi connectivity index (χ0n) is 20.1. The van der Waals surface area contributed by atoms with Crippen molar-refractivity contribution in [2.45, 2.75) is 45.1 Å². The van der Waals surface area contributed by atoms with Crippen molar-refractivity contribution < 1.29 is 19.1 Å². The number of hydrogen-bond donors (Lipinski definition) is 0. The van der Waals surface area contributed by atoms with Crippen molar-refractivity contribution in [1.29, 1.82) is 0 Å². The lowest BCUT2D eigenvalue weighted by molar-refractivity contribution is -0.148. The van der Waals surface area contributed by atoms with Crippen LogP contribution in [0.15, 0.2) is 42.5 Å². The van der Waals surface area contributed by atoms with Gasteiger partial charge in [-0.2, -0.15) is 0 Å². The first-order chi connectivity index (χ1) is 15.9. The molecular weight excluding hydrogens is 416 g/mol. The van der Waals surface area contributed by atoms with Crippen LogP contribution in [0.4, 0.5) is 0 Å². The summed E-state index contributed by atoms with van der Waals surface area (Å²) in [5, 5.41) is 0. The third-order valence-corrected chi connectivity index (χ3v) is 7.10. The highest BCUT2D eigenvalue weighted by Gasteiger charge is 2.46. The van der Waals surface area contributed by atoms with E-state index >= 15 is 0 Å². The Hall–Kier alpha value is -2.86. The predicted octanol–water partition coefficient (Wildman–Crippen LogP) is 3.79. The largest absolute Gasteiger partial charge is 0.496 e. The monoisotopic (exact) mass is 450 g/mol. The molecule has 2 aromatic rings. The first-order valence-electron chi connectivity index (χ1n) is 11.7. The van der Waals surface area contributed by atoms with Crippen molar-refractivity contribution in [3.63, 3.8) is 0 Å². The SMILES string of the molecule is COc1ccccc1C1CN(C(=O)C2(c3cc(C)cc(C)c3)CCOCC2)CCN1C(C)=O. The van der Waals surface area contributed by atoms with Gasteiger partial charge in [0, 0.05) is 45.3 Å². The number of amides is 2. The van der Waals surface area contributed by atoms with Crippen LogP contribution < -0.4 is 4.74 Å². The summed E-state index contributed by atoms with van der Waals surface area (Å²) in [5.74, 6) is 0.880. The average molecular weight is 451 g/mol. The first-order valence-corrected chi connectivity index (χ1v) is 11.7. The Labute approximate surface area is 196 Å². The van der Waals surface area contributed by atoms with Crippen molar-refractivity contribution >= 4 is 11.8 Å². The highest BCUT2D eigenvalue weighted by atomic mass is 16.5. The van der Waals surface area contributed by atoms with Crippen LogP contribution in [0.25, 0.3) is 0 Å². The number of hydrogen-bond acceptors (Lipinski definition) is 4. The number of para-hydroxylation sites is 1. The number of piperazine rings is 1. The van der Waals surface area contributed by atoms with Crippen LogP contribution in [0.1, 0.15) is 48.1 Å². The third-order valence-electron chi connectivity index (χ3n) is 7.10. The number of nitrogens with zero attached hydrogens (tertiary/aromatic N) is 2. The van der Waals surface area contributed by atoms with Gasteiger partial charge in [-0.3, -0.25) is 9.59 Å². The molecular formula is C27H34N2O4. The van der Waals surface area contributed by atoms with Crippen molar-refractivity contribution in [2.75, 3.05) is 40.0 Å². The van der Waals surface area contributed by atoms with E-state index < -0.39 is 5.41 Å². The highest BCUT2D eigenvalue weighted by molar-refractivity contribution is 5.89. The van der Waals surface area contributed by atoms with E-state index in [0.717, 1.165) is 28.0 Å². The Morgan fingerprint density at radius 1 is 1.03 bits per heavy atom. The van der Waals surface area contributed by atoms with E-state index in [1.165, 1.54) is 0 Å². The molecule has 2 aliphatic rings. The summed E-state index contributed by atoms with van der Waals surface area (Å²) in [6.45, 7) is 8.38. The lowest BCUT2D eigenvalue weighted by Gasteiger charge is -2.46. The molecule has 0 N–H and O–H groups in total. The summed E-state index contributed by atoms with van der Waals surface area (Å²) >= 11 is 0. The molecule has 0 radical (unpaired) electrons. The number of carbonyl (C=O) groups is 2. The maximum atomic E-state index is 14.2. The quantitative estimate of drug-likeness (QED) is 0.711. The normalized spacial score (nSPS) is 20.4. The lowest BCUT2D eigenvalue weighted by atomic mass is 9.72. The standard InChI is InChI=1S/C27H34N2O4/c1-19-15-20(2)17-22(16-19)27(9-13-33-14-10-27)26(31)28-11-12-29(21(3)30)24(18-28)23-7-5-6-8-25(23)32-4/h5-8,15-17,24H,9-14,18H2,1-4H3. The summed E-state index contributed by atoms with van der Waals surface area (Å²) < 4.78 is 11.3. The molecule has 0 aromatic heterocycles. The van der Waals surface area contributed by atoms with E-state index in [4.69, 9.17) is 9.47 Å². The first kappa shape index (κ1) is 23.3. The molecule has 0 aliphatic carbocycles. The van der Waals surface area contributed by atoms with Gasteiger partial charge in [0.15, 0.2) is 0 Å². The van der Waals surface area contributed by atoms with Crippen molar-refractivity contribution in [3.8, 4) is 5.75 Å². The molecule has 2 aliphatic heterocycles. The van der Waals surface area contributed by atoms with Crippen molar-refractivity contribution in [1.82, 2.24) is 9.80 Å². The van der Waals surface area contributed by atoms with Gasteiger partial charge in [0.25, 0.3) is 0 Å². The maximum absolute atomic E-state index is 14.2. The second-order valence-electron chi connectivity index (χ2n) is 9.29. The molecule has 4 rings (SSSR count). The summed E-state index contributed by atoms with van der Waals surface area (Å²) in [4.78, 5) is 30.5. The van der Waals surface area contributed by atoms with E-state index in [9.17, 15) is 9.59 Å². The molecule has 6 nitrogen and oxygen atoms in total. The van der Waals surface area contributed by atoms with Gasteiger partial charge in [-0.05, 0) is 38.3 Å². The molecule has 2 saturated heterocycles. The molecule has 0 spiro atoms. The molecule has 1 unspecified atom stereocenters. The fourth-order valence-corrected chi connectivity index (χ4v) is 5.45. The van der Waals surface area contributed by atoms with E-state index in [2.05, 4.69) is 32.0 Å². The van der Waals surface area contributed by atoms with Gasteiger partial charge in [0.2, 0.25) is 11.8 Å². The zero-order chi connectivity index (χ0) is 23.6. The molecule has 33 heavy (non-hydrogen) atoms. The number of benzene rings is 2. The number of ether oxygens (including phenoxy) is 2. The molecule has 176 valence electrons.